The quantitative estimate of drug-likeness (QED) is 0.0965. The maximum absolute atomic E-state index is 16.8. The van der Waals surface area contributed by atoms with E-state index < -0.39 is 35.8 Å². The molecule has 3 amide bonds. The summed E-state index contributed by atoms with van der Waals surface area (Å²) in [6, 6.07) is 14.1. The third kappa shape index (κ3) is 10.2. The van der Waals surface area contributed by atoms with E-state index in [2.05, 4.69) is 66.7 Å². The van der Waals surface area contributed by atoms with E-state index in [1.807, 2.05) is 43.1 Å². The molecule has 370 valence electrons. The Labute approximate surface area is 411 Å². The fourth-order valence-corrected chi connectivity index (χ4v) is 10.9. The van der Waals surface area contributed by atoms with Gasteiger partial charge in [-0.2, -0.15) is 0 Å². The number of aromatic nitrogens is 5. The van der Waals surface area contributed by atoms with Crippen molar-refractivity contribution in [2.75, 3.05) is 33.4 Å². The SMILES string of the molecule is C#C.CC.CCN(Cc1ncc(-c2cc(F)c3c(c2)OC(c2ccc(C4CC4)s2)n2c-3cc3cc(-c4cnc(C5CCCN5C(=O)CC5CCOCC5)[nH]4)ccc32)[nH]1)C(=O)C(NC(=O)OC)C(C)(C)F. The smallest absolute Gasteiger partial charge is 0.407 e. The zero-order valence-corrected chi connectivity index (χ0v) is 41.5. The van der Waals surface area contributed by atoms with Crippen molar-refractivity contribution in [2.45, 2.75) is 116 Å². The van der Waals surface area contributed by atoms with Crippen LogP contribution in [0, 0.1) is 24.6 Å². The lowest BCUT2D eigenvalue weighted by atomic mass is 9.96. The Morgan fingerprint density at radius 3 is 2.41 bits per heavy atom. The number of rotatable bonds is 13. The minimum Gasteiger partial charge on any atom is -0.464 e. The van der Waals surface area contributed by atoms with Crippen LogP contribution in [0.25, 0.3) is 44.7 Å². The number of alkyl halides is 1. The van der Waals surface area contributed by atoms with E-state index in [1.165, 1.54) is 42.5 Å². The molecule has 14 nitrogen and oxygen atoms in total. The molecule has 0 bridgehead atoms. The van der Waals surface area contributed by atoms with E-state index in [0.717, 1.165) is 72.2 Å². The maximum atomic E-state index is 16.8. The molecule has 6 aromatic rings. The molecule has 3 aliphatic heterocycles. The zero-order valence-electron chi connectivity index (χ0n) is 40.6. The number of likely N-dealkylation sites (tertiary alicyclic amines) is 1. The maximum Gasteiger partial charge on any atom is 0.407 e. The van der Waals surface area contributed by atoms with Gasteiger partial charge in [0.05, 0.1) is 65.1 Å². The average Bonchev–Trinajstić information content (AvgIpc) is 3.95. The number of benzene rings is 2. The molecule has 3 unspecified atom stereocenters. The summed E-state index contributed by atoms with van der Waals surface area (Å²) in [5, 5.41) is 3.22. The molecule has 1 saturated carbocycles. The lowest BCUT2D eigenvalue weighted by Crippen LogP contribution is -2.56. The Bertz CT molecular complexity index is 2850. The van der Waals surface area contributed by atoms with Crippen LogP contribution in [0.5, 0.6) is 5.75 Å². The number of nitrogens with zero attached hydrogens (tertiary/aromatic N) is 5. The van der Waals surface area contributed by atoms with Crippen LogP contribution in [0.15, 0.2) is 60.9 Å². The van der Waals surface area contributed by atoms with Crippen molar-refractivity contribution in [1.82, 2.24) is 39.6 Å². The predicted octanol–water partition coefficient (Wildman–Crippen LogP) is 10.7. The third-order valence-electron chi connectivity index (χ3n) is 13.4. The number of aromatic amines is 2. The van der Waals surface area contributed by atoms with Crippen LogP contribution in [0.1, 0.15) is 119 Å². The molecule has 4 aliphatic rings. The Hall–Kier alpha value is -6.51. The molecule has 3 atom stereocenters. The number of hydrogen-bond donors (Lipinski definition) is 3. The van der Waals surface area contributed by atoms with Gasteiger partial charge in [-0.05, 0) is 114 Å². The van der Waals surface area contributed by atoms with Crippen LogP contribution in [-0.4, -0.2) is 97.3 Å². The summed E-state index contributed by atoms with van der Waals surface area (Å²) in [6.45, 7) is 10.5. The largest absolute Gasteiger partial charge is 0.464 e. The molecule has 1 aliphatic carbocycles. The Balaban J connectivity index is 0.00000161. The van der Waals surface area contributed by atoms with Crippen LogP contribution in [-0.2, 0) is 25.6 Å². The molecule has 17 heteroatoms. The molecular formula is C53H62F2N8O6S. The summed E-state index contributed by atoms with van der Waals surface area (Å²) in [6.07, 6.45) is 16.4. The molecule has 3 N–H and O–H groups in total. The van der Waals surface area contributed by atoms with Gasteiger partial charge >= 0.3 is 6.09 Å². The average molecular weight is 977 g/mol. The van der Waals surface area contributed by atoms with Gasteiger partial charge < -0.3 is 39.3 Å². The summed E-state index contributed by atoms with van der Waals surface area (Å²) in [7, 11) is 1.14. The molecule has 2 saturated heterocycles. The highest BCUT2D eigenvalue weighted by atomic mass is 32.1. The molecule has 4 aromatic heterocycles. The number of terminal acetylenes is 1. The Morgan fingerprint density at radius 1 is 0.971 bits per heavy atom. The number of ether oxygens (including phenoxy) is 3. The summed E-state index contributed by atoms with van der Waals surface area (Å²) >= 11 is 1.72. The number of hydrogen-bond acceptors (Lipinski definition) is 9. The van der Waals surface area contributed by atoms with Gasteiger partial charge in [0.1, 0.15) is 34.9 Å². The first-order chi connectivity index (χ1) is 33.9. The zero-order chi connectivity index (χ0) is 49.9. The number of amides is 3. The van der Waals surface area contributed by atoms with Gasteiger partial charge in [-0.3, -0.25) is 14.2 Å². The van der Waals surface area contributed by atoms with Gasteiger partial charge in [0.25, 0.3) is 0 Å². The second-order valence-corrected chi connectivity index (χ2v) is 19.6. The molecule has 7 heterocycles. The van der Waals surface area contributed by atoms with Gasteiger partial charge in [0.2, 0.25) is 18.0 Å². The molecule has 10 rings (SSSR count). The van der Waals surface area contributed by atoms with Crippen LogP contribution in [0.4, 0.5) is 13.6 Å². The molecule has 70 heavy (non-hydrogen) atoms. The van der Waals surface area contributed by atoms with Crippen molar-refractivity contribution in [1.29, 1.82) is 0 Å². The fourth-order valence-electron chi connectivity index (χ4n) is 9.69. The van der Waals surface area contributed by atoms with Crippen LogP contribution in [0.2, 0.25) is 0 Å². The van der Waals surface area contributed by atoms with Crippen molar-refractivity contribution >= 4 is 40.1 Å². The van der Waals surface area contributed by atoms with Crippen LogP contribution >= 0.6 is 11.3 Å². The van der Waals surface area contributed by atoms with E-state index >= 15 is 8.78 Å². The van der Waals surface area contributed by atoms with Gasteiger partial charge in [0, 0.05) is 54.1 Å². The minimum absolute atomic E-state index is 0.0179. The lowest BCUT2D eigenvalue weighted by Gasteiger charge is -2.31. The Kier molecular flexibility index (Phi) is 15.1. The van der Waals surface area contributed by atoms with Crippen molar-refractivity contribution in [2.24, 2.45) is 5.92 Å². The normalized spacial score (nSPS) is 18.1. The highest BCUT2D eigenvalue weighted by Crippen LogP contribution is 2.50. The number of likely N-dealkylation sites (N-methyl/N-ethyl adjacent to an activating group) is 1. The highest BCUT2D eigenvalue weighted by Gasteiger charge is 2.40. The predicted molar refractivity (Wildman–Crippen MR) is 266 cm³/mol. The topological polar surface area (TPSA) is 160 Å². The van der Waals surface area contributed by atoms with Gasteiger partial charge in [-0.1, -0.05) is 19.9 Å². The number of carbonyl (C=O) groups excluding carboxylic acids is 3. The van der Waals surface area contributed by atoms with Gasteiger partial charge in [0.15, 0.2) is 0 Å². The number of methoxy groups -OCH3 is 1. The molecule has 0 spiro atoms. The van der Waals surface area contributed by atoms with Crippen LogP contribution in [0.3, 0.4) is 0 Å². The highest BCUT2D eigenvalue weighted by molar-refractivity contribution is 7.12. The van der Waals surface area contributed by atoms with Gasteiger partial charge in [-0.15, -0.1) is 24.2 Å². The van der Waals surface area contributed by atoms with Crippen LogP contribution < -0.4 is 10.1 Å². The number of alkyl carbamates (subject to hydrolysis) is 1. The summed E-state index contributed by atoms with van der Waals surface area (Å²) < 4.78 is 51.1. The van der Waals surface area contributed by atoms with E-state index in [9.17, 15) is 14.4 Å². The van der Waals surface area contributed by atoms with E-state index in [4.69, 9.17) is 14.5 Å². The second-order valence-electron chi connectivity index (χ2n) is 18.4. The molecular weight excluding hydrogens is 915 g/mol. The van der Waals surface area contributed by atoms with Gasteiger partial charge in [-0.25, -0.2) is 23.5 Å². The monoisotopic (exact) mass is 976 g/mol. The molecule has 0 radical (unpaired) electrons. The summed E-state index contributed by atoms with van der Waals surface area (Å²) in [4.78, 5) is 60.8. The second kappa shape index (κ2) is 21.2. The van der Waals surface area contributed by atoms with Crippen molar-refractivity contribution in [3.05, 3.63) is 88.1 Å². The van der Waals surface area contributed by atoms with E-state index in [0.29, 0.717) is 65.6 Å². The first-order valence-corrected chi connectivity index (χ1v) is 25.1. The minimum atomic E-state index is -2.09. The van der Waals surface area contributed by atoms with Crippen molar-refractivity contribution < 1.29 is 37.4 Å². The van der Waals surface area contributed by atoms with E-state index in [-0.39, 0.29) is 25.0 Å². The molecule has 2 aromatic carbocycles. The summed E-state index contributed by atoms with van der Waals surface area (Å²) in [5.74, 6) is 1.51. The number of thiophene rings is 1. The van der Waals surface area contributed by atoms with Crippen molar-refractivity contribution in [3.8, 4) is 52.4 Å². The first-order valence-electron chi connectivity index (χ1n) is 24.2. The van der Waals surface area contributed by atoms with Crippen molar-refractivity contribution in [3.63, 3.8) is 0 Å². The third-order valence-corrected chi connectivity index (χ3v) is 14.7. The van der Waals surface area contributed by atoms with E-state index in [1.54, 1.807) is 24.5 Å². The fraction of sp³-hybridized carbons (Fsp3) is 0.453. The number of halogens is 2. The number of imidazole rings is 2. The number of nitrogens with one attached hydrogen (secondary N) is 3. The summed E-state index contributed by atoms with van der Waals surface area (Å²) in [5.41, 5.74) is 2.57. The Morgan fingerprint density at radius 2 is 1.70 bits per heavy atom. The lowest BCUT2D eigenvalue weighted by molar-refractivity contribution is -0.137. The number of fused-ring (bicyclic) bond motifs is 5. The standard InChI is InChI=1S/C49H54F2N8O6S.C2H6.C2H2/c1-5-57(46(61)44(49(2,3)51)56-48(62)63-4)26-41-52-24-34(54-41)30-21-32(50)43-37-22-31-20-29(10-11-35(31)59(37)47(65-38(43)23-30)40-13-12-39(66-40)28-8-9-28)33-25-53-45(55-33)36-7-6-16-58(36)42(60)19-27-14-17-64-18-15-27;2*1-2/h10-13,20-25,27-28,36,44,47H,5-9,14-19,26H2,1-4H3,(H,52,54)(H,53,55)(H,56,62);1-2H3;1-2H. The first kappa shape index (κ1) is 49.9. The number of H-pyrrole nitrogens is 2. The number of carbonyl (C=O) groups is 3. The molecule has 3 fully saturated rings.